The molecule has 1 atom stereocenters. The van der Waals surface area contributed by atoms with E-state index in [4.69, 9.17) is 17.3 Å². The highest BCUT2D eigenvalue weighted by atomic mass is 35.5. The van der Waals surface area contributed by atoms with Gasteiger partial charge in [0, 0.05) is 19.3 Å². The van der Waals surface area contributed by atoms with Crippen molar-refractivity contribution in [1.82, 2.24) is 4.98 Å². The molecule has 20 heavy (non-hydrogen) atoms. The average molecular weight is 308 g/mol. The summed E-state index contributed by atoms with van der Waals surface area (Å²) in [6.07, 6.45) is -2.35. The summed E-state index contributed by atoms with van der Waals surface area (Å²) in [5, 5.41) is -0.0788. The molecule has 2 N–H and O–H groups in total. The molecule has 0 aliphatic carbocycles. The number of primary amides is 1. The molecule has 8 heteroatoms. The van der Waals surface area contributed by atoms with Gasteiger partial charge in [0.1, 0.15) is 5.82 Å². The van der Waals surface area contributed by atoms with Crippen molar-refractivity contribution in [3.63, 3.8) is 0 Å². The molecule has 1 aliphatic heterocycles. The van der Waals surface area contributed by atoms with Crippen LogP contribution in [0.2, 0.25) is 5.02 Å². The number of alkyl halides is 3. The molecular formula is C12H13ClF3N3O. The summed E-state index contributed by atoms with van der Waals surface area (Å²) in [7, 11) is 0. The number of rotatable bonds is 2. The van der Waals surface area contributed by atoms with Gasteiger partial charge >= 0.3 is 6.18 Å². The highest BCUT2D eigenvalue weighted by molar-refractivity contribution is 6.33. The fraction of sp³-hybridized carbons (Fsp3) is 0.500. The molecule has 1 saturated heterocycles. The second-order valence-corrected chi connectivity index (χ2v) is 5.12. The second kappa shape index (κ2) is 5.47. The highest BCUT2D eigenvalue weighted by Gasteiger charge is 2.33. The van der Waals surface area contributed by atoms with Crippen molar-refractivity contribution in [3.05, 3.63) is 22.8 Å². The van der Waals surface area contributed by atoms with Crippen molar-refractivity contribution in [1.29, 1.82) is 0 Å². The van der Waals surface area contributed by atoms with Crippen molar-refractivity contribution >= 4 is 23.3 Å². The zero-order valence-electron chi connectivity index (χ0n) is 10.5. The predicted molar refractivity (Wildman–Crippen MR) is 68.4 cm³/mol. The molecule has 2 heterocycles. The molecule has 1 fully saturated rings. The molecule has 2 rings (SSSR count). The number of nitrogens with zero attached hydrogens (tertiary/aromatic N) is 2. The molecule has 1 unspecified atom stereocenters. The highest BCUT2D eigenvalue weighted by Crippen LogP contribution is 2.34. The molecule has 4 nitrogen and oxygen atoms in total. The lowest BCUT2D eigenvalue weighted by atomic mass is 9.97. The molecule has 0 aromatic carbocycles. The summed E-state index contributed by atoms with van der Waals surface area (Å²) >= 11 is 5.88. The number of hydrogen-bond acceptors (Lipinski definition) is 3. The Kier molecular flexibility index (Phi) is 4.08. The van der Waals surface area contributed by atoms with E-state index in [2.05, 4.69) is 4.98 Å². The third kappa shape index (κ3) is 3.15. The van der Waals surface area contributed by atoms with Crippen LogP contribution >= 0.6 is 11.6 Å². The maximum absolute atomic E-state index is 12.5. The minimum Gasteiger partial charge on any atom is -0.369 e. The summed E-state index contributed by atoms with van der Waals surface area (Å²) in [5.41, 5.74) is 4.37. The number of piperidine rings is 1. The van der Waals surface area contributed by atoms with Gasteiger partial charge in [0.05, 0.1) is 16.5 Å². The van der Waals surface area contributed by atoms with E-state index in [0.717, 1.165) is 12.3 Å². The maximum atomic E-state index is 12.5. The Balaban J connectivity index is 2.23. The first kappa shape index (κ1) is 14.9. The van der Waals surface area contributed by atoms with Gasteiger partial charge < -0.3 is 10.6 Å². The van der Waals surface area contributed by atoms with E-state index >= 15 is 0 Å². The standard InChI is InChI=1S/C12H13ClF3N3O/c13-9-4-8(12(14,15)16)5-18-11(9)19-3-1-2-7(6-19)10(17)20/h4-5,7H,1-3,6H2,(H2,17,20). The second-order valence-electron chi connectivity index (χ2n) is 4.71. The first-order chi connectivity index (χ1) is 9.29. The molecule has 1 aliphatic rings. The predicted octanol–water partition coefficient (Wildman–Crippen LogP) is 2.46. The van der Waals surface area contributed by atoms with Gasteiger partial charge in [-0.25, -0.2) is 4.98 Å². The monoisotopic (exact) mass is 307 g/mol. The van der Waals surface area contributed by atoms with Crippen molar-refractivity contribution in [2.24, 2.45) is 11.7 Å². The Labute approximate surface area is 118 Å². The van der Waals surface area contributed by atoms with Crippen LogP contribution in [0.15, 0.2) is 12.3 Å². The lowest BCUT2D eigenvalue weighted by molar-refractivity contribution is -0.137. The number of hydrogen-bond donors (Lipinski definition) is 1. The number of halogens is 4. The molecule has 110 valence electrons. The smallest absolute Gasteiger partial charge is 0.369 e. The van der Waals surface area contributed by atoms with Gasteiger partial charge in [0.25, 0.3) is 0 Å². The maximum Gasteiger partial charge on any atom is 0.417 e. The van der Waals surface area contributed by atoms with E-state index in [1.54, 1.807) is 4.90 Å². The molecular weight excluding hydrogens is 295 g/mol. The topological polar surface area (TPSA) is 59.2 Å². The molecule has 0 spiro atoms. The number of anilines is 1. The van der Waals surface area contributed by atoms with E-state index in [0.29, 0.717) is 25.9 Å². The van der Waals surface area contributed by atoms with Crippen molar-refractivity contribution in [2.75, 3.05) is 18.0 Å². The quantitative estimate of drug-likeness (QED) is 0.913. The average Bonchev–Trinajstić information content (AvgIpc) is 2.37. The minimum absolute atomic E-state index is 0.0788. The Morgan fingerprint density at radius 2 is 2.20 bits per heavy atom. The Morgan fingerprint density at radius 3 is 2.75 bits per heavy atom. The number of carbonyl (C=O) groups is 1. The summed E-state index contributed by atoms with van der Waals surface area (Å²) in [5.74, 6) is -0.493. The number of carbonyl (C=O) groups excluding carboxylic acids is 1. The minimum atomic E-state index is -4.48. The normalized spacial score (nSPS) is 20.0. The van der Waals surface area contributed by atoms with Crippen LogP contribution in [0.25, 0.3) is 0 Å². The zero-order chi connectivity index (χ0) is 14.9. The fourth-order valence-corrected chi connectivity index (χ4v) is 2.51. The van der Waals surface area contributed by atoms with Gasteiger partial charge in [-0.15, -0.1) is 0 Å². The van der Waals surface area contributed by atoms with Crippen LogP contribution in [-0.4, -0.2) is 24.0 Å². The molecule has 0 radical (unpaired) electrons. The zero-order valence-corrected chi connectivity index (χ0v) is 11.2. The number of nitrogens with two attached hydrogens (primary N) is 1. The van der Waals surface area contributed by atoms with E-state index in [1.165, 1.54) is 0 Å². The first-order valence-corrected chi connectivity index (χ1v) is 6.44. The van der Waals surface area contributed by atoms with Crippen LogP contribution in [0.3, 0.4) is 0 Å². The van der Waals surface area contributed by atoms with Crippen LogP contribution in [0.1, 0.15) is 18.4 Å². The van der Waals surface area contributed by atoms with Gasteiger partial charge in [-0.2, -0.15) is 13.2 Å². The van der Waals surface area contributed by atoms with Crippen LogP contribution in [-0.2, 0) is 11.0 Å². The Hall–Kier alpha value is -1.50. The van der Waals surface area contributed by atoms with Gasteiger partial charge in [0.15, 0.2) is 0 Å². The summed E-state index contributed by atoms with van der Waals surface area (Å²) in [4.78, 5) is 16.7. The van der Waals surface area contributed by atoms with Gasteiger partial charge in [-0.1, -0.05) is 11.6 Å². The third-order valence-corrected chi connectivity index (χ3v) is 3.55. The number of aromatic nitrogens is 1. The van der Waals surface area contributed by atoms with Crippen LogP contribution in [0.5, 0.6) is 0 Å². The Morgan fingerprint density at radius 1 is 1.50 bits per heavy atom. The summed E-state index contributed by atoms with van der Waals surface area (Å²) in [6, 6.07) is 0.845. The third-order valence-electron chi connectivity index (χ3n) is 3.27. The fourth-order valence-electron chi connectivity index (χ4n) is 2.22. The van der Waals surface area contributed by atoms with E-state index in [9.17, 15) is 18.0 Å². The van der Waals surface area contributed by atoms with Crippen molar-refractivity contribution < 1.29 is 18.0 Å². The van der Waals surface area contributed by atoms with Crippen molar-refractivity contribution in [3.8, 4) is 0 Å². The van der Waals surface area contributed by atoms with Crippen LogP contribution in [0.4, 0.5) is 19.0 Å². The Bertz CT molecular complexity index is 521. The largest absolute Gasteiger partial charge is 0.417 e. The SMILES string of the molecule is NC(=O)C1CCCN(c2ncc(C(F)(F)F)cc2Cl)C1. The molecule has 0 saturated carbocycles. The van der Waals surface area contributed by atoms with Crippen LogP contribution < -0.4 is 10.6 Å². The van der Waals surface area contributed by atoms with Gasteiger partial charge in [0.2, 0.25) is 5.91 Å². The lowest BCUT2D eigenvalue weighted by Crippen LogP contribution is -2.41. The van der Waals surface area contributed by atoms with Crippen molar-refractivity contribution in [2.45, 2.75) is 19.0 Å². The molecule has 1 amide bonds. The van der Waals surface area contributed by atoms with E-state index in [-0.39, 0.29) is 16.8 Å². The summed E-state index contributed by atoms with van der Waals surface area (Å²) in [6.45, 7) is 0.912. The number of pyridine rings is 1. The van der Waals surface area contributed by atoms with Crippen LogP contribution in [0, 0.1) is 5.92 Å². The molecule has 0 bridgehead atoms. The van der Waals surface area contributed by atoms with E-state index < -0.39 is 17.6 Å². The molecule has 1 aromatic rings. The summed E-state index contributed by atoms with van der Waals surface area (Å²) < 4.78 is 37.6. The first-order valence-electron chi connectivity index (χ1n) is 6.06. The van der Waals surface area contributed by atoms with Gasteiger partial charge in [-0.05, 0) is 18.9 Å². The number of amides is 1. The lowest BCUT2D eigenvalue weighted by Gasteiger charge is -2.32. The van der Waals surface area contributed by atoms with E-state index in [1.807, 2.05) is 0 Å². The van der Waals surface area contributed by atoms with Gasteiger partial charge in [-0.3, -0.25) is 4.79 Å². The molecule has 1 aromatic heterocycles.